The standard InChI is InChI=1S/C30H33BFNO5/c1-6-35-28(34)27-21(14-10-18-36-24-15-9-12-19-11-7-8-13-20(19)24)22-16-17-23(32)25(26(22)33-27)31-37-29(2,3)30(4,5)38-31/h7-9,11-13,15-17,33H,6,10,14,18H2,1-5H3. The van der Waals surface area contributed by atoms with E-state index in [9.17, 15) is 4.79 Å². The van der Waals surface area contributed by atoms with Gasteiger partial charge in [-0.1, -0.05) is 36.4 Å². The third-order valence-corrected chi connectivity index (χ3v) is 7.62. The van der Waals surface area contributed by atoms with Crippen molar-refractivity contribution in [3.05, 3.63) is 71.7 Å². The van der Waals surface area contributed by atoms with Gasteiger partial charge in [0.05, 0.1) is 24.4 Å². The number of aryl methyl sites for hydroxylation is 1. The largest absolute Gasteiger partial charge is 0.500 e. The highest BCUT2D eigenvalue weighted by atomic mass is 19.1. The first kappa shape index (κ1) is 26.3. The predicted molar refractivity (Wildman–Crippen MR) is 148 cm³/mol. The Balaban J connectivity index is 1.45. The maximum absolute atomic E-state index is 15.3. The maximum Gasteiger partial charge on any atom is 0.500 e. The van der Waals surface area contributed by atoms with Crippen LogP contribution in [0, 0.1) is 5.82 Å². The average molecular weight is 517 g/mol. The number of aromatic amines is 1. The highest BCUT2D eigenvalue weighted by Gasteiger charge is 2.53. The summed E-state index contributed by atoms with van der Waals surface area (Å²) in [5.74, 6) is -0.120. The van der Waals surface area contributed by atoms with Gasteiger partial charge in [0.25, 0.3) is 0 Å². The molecule has 1 aliphatic heterocycles. The van der Waals surface area contributed by atoms with E-state index in [-0.39, 0.29) is 12.1 Å². The molecule has 38 heavy (non-hydrogen) atoms. The molecule has 1 aliphatic rings. The Morgan fingerprint density at radius 2 is 1.68 bits per heavy atom. The number of carbonyl (C=O) groups excluding carboxylic acids is 1. The van der Waals surface area contributed by atoms with Crippen molar-refractivity contribution in [1.82, 2.24) is 4.98 Å². The van der Waals surface area contributed by atoms with Crippen LogP contribution in [0.1, 0.15) is 57.1 Å². The number of ether oxygens (including phenoxy) is 2. The number of hydrogen-bond acceptors (Lipinski definition) is 5. The zero-order valence-electron chi connectivity index (χ0n) is 22.5. The normalized spacial score (nSPS) is 16.3. The minimum absolute atomic E-state index is 0.232. The van der Waals surface area contributed by atoms with Gasteiger partial charge < -0.3 is 23.8 Å². The topological polar surface area (TPSA) is 69.8 Å². The monoisotopic (exact) mass is 517 g/mol. The van der Waals surface area contributed by atoms with Gasteiger partial charge in [-0.05, 0) is 76.6 Å². The third kappa shape index (κ3) is 4.67. The van der Waals surface area contributed by atoms with Crippen LogP contribution in [0.3, 0.4) is 0 Å². The second-order valence-corrected chi connectivity index (χ2v) is 10.6. The fourth-order valence-corrected chi connectivity index (χ4v) is 4.90. The van der Waals surface area contributed by atoms with Crippen molar-refractivity contribution in [2.45, 2.75) is 58.7 Å². The lowest BCUT2D eigenvalue weighted by Gasteiger charge is -2.32. The van der Waals surface area contributed by atoms with Gasteiger partial charge >= 0.3 is 13.1 Å². The van der Waals surface area contributed by atoms with Crippen LogP contribution in [0.4, 0.5) is 4.39 Å². The fraction of sp³-hybridized carbons (Fsp3) is 0.367. The van der Waals surface area contributed by atoms with Crippen molar-refractivity contribution in [2.75, 3.05) is 13.2 Å². The van der Waals surface area contributed by atoms with Gasteiger partial charge in [-0.15, -0.1) is 0 Å². The number of rotatable bonds is 8. The van der Waals surface area contributed by atoms with Gasteiger partial charge in [0.15, 0.2) is 0 Å². The van der Waals surface area contributed by atoms with Gasteiger partial charge in [-0.2, -0.15) is 0 Å². The van der Waals surface area contributed by atoms with E-state index in [0.717, 1.165) is 27.5 Å². The lowest BCUT2D eigenvalue weighted by molar-refractivity contribution is 0.00578. The van der Waals surface area contributed by atoms with Crippen molar-refractivity contribution < 1.29 is 28.0 Å². The SMILES string of the molecule is CCOC(=O)c1[nH]c2c(B3OC(C)(C)C(C)(C)O3)c(F)ccc2c1CCCOc1cccc2ccccc12. The van der Waals surface area contributed by atoms with Crippen LogP contribution in [0.25, 0.3) is 21.7 Å². The smallest absolute Gasteiger partial charge is 0.493 e. The van der Waals surface area contributed by atoms with E-state index in [1.54, 1.807) is 13.0 Å². The van der Waals surface area contributed by atoms with E-state index < -0.39 is 30.1 Å². The lowest BCUT2D eigenvalue weighted by atomic mass is 9.77. The molecular formula is C30H33BFNO5. The van der Waals surface area contributed by atoms with Gasteiger partial charge in [0.1, 0.15) is 17.3 Å². The second-order valence-electron chi connectivity index (χ2n) is 10.6. The molecule has 0 saturated carbocycles. The quantitative estimate of drug-likeness (QED) is 0.178. The Morgan fingerprint density at radius 3 is 2.42 bits per heavy atom. The Labute approximate surface area is 222 Å². The molecule has 1 N–H and O–H groups in total. The molecule has 0 aliphatic carbocycles. The molecule has 1 fully saturated rings. The number of nitrogens with one attached hydrogen (secondary N) is 1. The Kier molecular flexibility index (Phi) is 6.96. The number of hydrogen-bond donors (Lipinski definition) is 1. The molecule has 4 aromatic rings. The number of benzene rings is 3. The Morgan fingerprint density at radius 1 is 0.974 bits per heavy atom. The van der Waals surface area contributed by atoms with Gasteiger partial charge in [0, 0.05) is 21.8 Å². The summed E-state index contributed by atoms with van der Waals surface area (Å²) in [5, 5.41) is 2.91. The van der Waals surface area contributed by atoms with E-state index in [1.165, 1.54) is 6.07 Å². The molecule has 0 atom stereocenters. The summed E-state index contributed by atoms with van der Waals surface area (Å²) in [5.41, 5.74) is 0.546. The zero-order valence-corrected chi connectivity index (χ0v) is 22.5. The number of halogens is 1. The minimum atomic E-state index is -0.917. The molecule has 0 amide bonds. The summed E-state index contributed by atoms with van der Waals surface area (Å²) in [6, 6.07) is 17.2. The third-order valence-electron chi connectivity index (χ3n) is 7.62. The molecule has 1 saturated heterocycles. The second kappa shape index (κ2) is 10.1. The van der Waals surface area contributed by atoms with E-state index in [1.807, 2.05) is 58.0 Å². The molecule has 5 rings (SSSR count). The van der Waals surface area contributed by atoms with Crippen LogP contribution in [-0.4, -0.2) is 42.5 Å². The van der Waals surface area contributed by atoms with E-state index in [0.29, 0.717) is 30.7 Å². The highest BCUT2D eigenvalue weighted by molar-refractivity contribution is 6.65. The van der Waals surface area contributed by atoms with E-state index in [4.69, 9.17) is 18.8 Å². The molecule has 1 aromatic heterocycles. The summed E-state index contributed by atoms with van der Waals surface area (Å²) in [6.45, 7) is 10.1. The molecule has 2 heterocycles. The molecule has 3 aromatic carbocycles. The van der Waals surface area contributed by atoms with Gasteiger partial charge in [-0.3, -0.25) is 0 Å². The summed E-state index contributed by atoms with van der Waals surface area (Å²) in [7, 11) is -0.917. The predicted octanol–water partition coefficient (Wildman–Crippen LogP) is 5.95. The van der Waals surface area contributed by atoms with Crippen molar-refractivity contribution in [3.63, 3.8) is 0 Å². The summed E-state index contributed by atoms with van der Waals surface area (Å²) >= 11 is 0. The molecular weight excluding hydrogens is 484 g/mol. The number of H-pyrrole nitrogens is 1. The number of carbonyl (C=O) groups is 1. The van der Waals surface area contributed by atoms with Crippen LogP contribution in [0.5, 0.6) is 5.75 Å². The Hall–Kier alpha value is -3.36. The first-order valence-electron chi connectivity index (χ1n) is 13.1. The van der Waals surface area contributed by atoms with Crippen LogP contribution in [0.15, 0.2) is 54.6 Å². The van der Waals surface area contributed by atoms with Crippen molar-refractivity contribution >= 4 is 40.2 Å². The van der Waals surface area contributed by atoms with E-state index in [2.05, 4.69) is 17.1 Å². The number of fused-ring (bicyclic) bond motifs is 2. The average Bonchev–Trinajstić information content (AvgIpc) is 3.34. The first-order chi connectivity index (χ1) is 18.1. The number of esters is 1. The van der Waals surface area contributed by atoms with Gasteiger partial charge in [0.2, 0.25) is 0 Å². The Bertz CT molecular complexity index is 1470. The van der Waals surface area contributed by atoms with Crippen molar-refractivity contribution in [3.8, 4) is 5.75 Å². The van der Waals surface area contributed by atoms with Crippen LogP contribution >= 0.6 is 0 Å². The summed E-state index contributed by atoms with van der Waals surface area (Å²) in [6.07, 6.45) is 1.18. The maximum atomic E-state index is 15.3. The highest BCUT2D eigenvalue weighted by Crippen LogP contribution is 2.38. The molecule has 0 spiro atoms. The lowest BCUT2D eigenvalue weighted by Crippen LogP contribution is -2.41. The van der Waals surface area contributed by atoms with Crippen LogP contribution in [-0.2, 0) is 20.5 Å². The molecule has 198 valence electrons. The molecule has 6 nitrogen and oxygen atoms in total. The summed E-state index contributed by atoms with van der Waals surface area (Å²) in [4.78, 5) is 16.1. The van der Waals surface area contributed by atoms with Crippen LogP contribution in [0.2, 0.25) is 0 Å². The number of aromatic nitrogens is 1. The van der Waals surface area contributed by atoms with Gasteiger partial charge in [-0.25, -0.2) is 9.18 Å². The first-order valence-corrected chi connectivity index (χ1v) is 13.1. The van der Waals surface area contributed by atoms with Crippen molar-refractivity contribution in [2.24, 2.45) is 0 Å². The van der Waals surface area contributed by atoms with Crippen molar-refractivity contribution in [1.29, 1.82) is 0 Å². The fourth-order valence-electron chi connectivity index (χ4n) is 4.90. The minimum Gasteiger partial charge on any atom is -0.493 e. The molecule has 0 radical (unpaired) electrons. The summed E-state index contributed by atoms with van der Waals surface area (Å²) < 4.78 is 39.0. The molecule has 0 unspecified atom stereocenters. The molecule has 0 bridgehead atoms. The van der Waals surface area contributed by atoms with Crippen LogP contribution < -0.4 is 10.2 Å². The van der Waals surface area contributed by atoms with E-state index >= 15 is 4.39 Å². The zero-order chi connectivity index (χ0) is 27.1. The molecule has 8 heteroatoms.